The number of carbonyl (C=O) groups is 2. The van der Waals surface area contributed by atoms with Crippen molar-refractivity contribution in [2.45, 2.75) is 6.42 Å². The molecule has 6 heteroatoms. The first-order chi connectivity index (χ1) is 12.5. The average Bonchev–Trinajstić information content (AvgIpc) is 2.66. The van der Waals surface area contributed by atoms with Crippen LogP contribution in [-0.2, 0) is 11.2 Å². The molecule has 0 heterocycles. The van der Waals surface area contributed by atoms with E-state index in [9.17, 15) is 9.59 Å². The minimum atomic E-state index is -0.255. The van der Waals surface area contributed by atoms with Crippen molar-refractivity contribution in [1.29, 1.82) is 0 Å². The average molecular weight is 356 g/mol. The van der Waals surface area contributed by atoms with Gasteiger partial charge in [0.15, 0.2) is 18.1 Å². The molecule has 0 spiro atoms. The van der Waals surface area contributed by atoms with E-state index in [1.54, 1.807) is 32.3 Å². The first-order valence-electron chi connectivity index (χ1n) is 8.35. The van der Waals surface area contributed by atoms with Crippen molar-refractivity contribution in [2.75, 3.05) is 34.4 Å². The van der Waals surface area contributed by atoms with E-state index >= 15 is 0 Å². The molecule has 0 aliphatic carbocycles. The molecule has 0 aliphatic rings. The number of nitrogens with one attached hydrogen (secondary N) is 1. The number of nitrogens with zero attached hydrogens (tertiary/aromatic N) is 1. The van der Waals surface area contributed by atoms with E-state index in [-0.39, 0.29) is 24.2 Å². The second kappa shape index (κ2) is 9.46. The summed E-state index contributed by atoms with van der Waals surface area (Å²) in [6, 6.07) is 14.9. The van der Waals surface area contributed by atoms with Crippen LogP contribution in [0, 0.1) is 0 Å². The number of amides is 2. The fraction of sp³-hybridized carbons (Fsp3) is 0.300. The summed E-state index contributed by atoms with van der Waals surface area (Å²) in [7, 11) is 4.80. The van der Waals surface area contributed by atoms with E-state index in [4.69, 9.17) is 9.47 Å². The molecule has 2 amide bonds. The summed E-state index contributed by atoms with van der Waals surface area (Å²) in [4.78, 5) is 25.8. The smallest absolute Gasteiger partial charge is 0.257 e. The Bertz CT molecular complexity index is 745. The van der Waals surface area contributed by atoms with Gasteiger partial charge in [0.05, 0.1) is 12.7 Å². The van der Waals surface area contributed by atoms with Crippen LogP contribution in [0.3, 0.4) is 0 Å². The number of methoxy groups -OCH3 is 1. The Morgan fingerprint density at radius 1 is 1.04 bits per heavy atom. The minimum absolute atomic E-state index is 0.192. The second-order valence-electron chi connectivity index (χ2n) is 5.91. The molecule has 0 radical (unpaired) electrons. The Labute approximate surface area is 153 Å². The standard InChI is InChI=1S/C20H24N2O4/c1-22(2)20(24)16-10-7-11-17(25-3)19(16)26-14-18(23)21-13-12-15-8-5-4-6-9-15/h4-11H,12-14H2,1-3H3,(H,21,23). The van der Waals surface area contributed by atoms with E-state index in [1.165, 1.54) is 12.0 Å². The molecule has 26 heavy (non-hydrogen) atoms. The van der Waals surface area contributed by atoms with Crippen LogP contribution < -0.4 is 14.8 Å². The second-order valence-corrected chi connectivity index (χ2v) is 5.91. The van der Waals surface area contributed by atoms with E-state index in [1.807, 2.05) is 30.3 Å². The van der Waals surface area contributed by atoms with Crippen molar-refractivity contribution < 1.29 is 19.1 Å². The Balaban J connectivity index is 1.95. The molecule has 2 rings (SSSR count). The molecule has 0 aromatic heterocycles. The van der Waals surface area contributed by atoms with Crippen LogP contribution in [0.4, 0.5) is 0 Å². The first-order valence-corrected chi connectivity index (χ1v) is 8.35. The molecule has 1 N–H and O–H groups in total. The lowest BCUT2D eigenvalue weighted by molar-refractivity contribution is -0.123. The fourth-order valence-electron chi connectivity index (χ4n) is 2.41. The Morgan fingerprint density at radius 2 is 1.77 bits per heavy atom. The minimum Gasteiger partial charge on any atom is -0.493 e. The molecule has 0 bridgehead atoms. The zero-order valence-electron chi connectivity index (χ0n) is 15.3. The van der Waals surface area contributed by atoms with Gasteiger partial charge in [-0.3, -0.25) is 9.59 Å². The van der Waals surface area contributed by atoms with Gasteiger partial charge in [-0.05, 0) is 24.1 Å². The van der Waals surface area contributed by atoms with Gasteiger partial charge in [-0.1, -0.05) is 36.4 Å². The topological polar surface area (TPSA) is 67.9 Å². The lowest BCUT2D eigenvalue weighted by atomic mass is 10.1. The normalized spacial score (nSPS) is 10.1. The van der Waals surface area contributed by atoms with E-state index in [0.717, 1.165) is 12.0 Å². The SMILES string of the molecule is COc1cccc(C(=O)N(C)C)c1OCC(=O)NCCc1ccccc1. The third kappa shape index (κ3) is 5.24. The van der Waals surface area contributed by atoms with Crippen molar-refractivity contribution in [1.82, 2.24) is 10.2 Å². The highest BCUT2D eigenvalue weighted by Gasteiger charge is 2.19. The van der Waals surface area contributed by atoms with E-state index in [0.29, 0.717) is 17.9 Å². The van der Waals surface area contributed by atoms with Crippen molar-refractivity contribution in [2.24, 2.45) is 0 Å². The zero-order valence-corrected chi connectivity index (χ0v) is 15.3. The molecule has 6 nitrogen and oxygen atoms in total. The molecule has 0 unspecified atom stereocenters. The largest absolute Gasteiger partial charge is 0.493 e. The highest BCUT2D eigenvalue weighted by Crippen LogP contribution is 2.31. The molecule has 138 valence electrons. The number of ether oxygens (including phenoxy) is 2. The van der Waals surface area contributed by atoms with Crippen LogP contribution in [0.25, 0.3) is 0 Å². The first kappa shape index (κ1) is 19.3. The maximum atomic E-state index is 12.3. The summed E-state index contributed by atoms with van der Waals surface area (Å²) in [6.45, 7) is 0.324. The molecule has 0 saturated heterocycles. The zero-order chi connectivity index (χ0) is 18.9. The molecule has 0 aliphatic heterocycles. The van der Waals surface area contributed by atoms with Gasteiger partial charge in [-0.2, -0.15) is 0 Å². The van der Waals surface area contributed by atoms with Gasteiger partial charge >= 0.3 is 0 Å². The number of benzene rings is 2. The molecule has 0 fully saturated rings. The number of rotatable bonds is 8. The van der Waals surface area contributed by atoms with Crippen LogP contribution in [0.5, 0.6) is 11.5 Å². The Hall–Kier alpha value is -3.02. The van der Waals surface area contributed by atoms with E-state index < -0.39 is 0 Å². The van der Waals surface area contributed by atoms with E-state index in [2.05, 4.69) is 5.32 Å². The summed E-state index contributed by atoms with van der Waals surface area (Å²) in [5, 5.41) is 2.81. The molecule has 0 atom stereocenters. The van der Waals surface area contributed by atoms with Gasteiger partial charge in [-0.15, -0.1) is 0 Å². The lowest BCUT2D eigenvalue weighted by Crippen LogP contribution is -2.31. The lowest BCUT2D eigenvalue weighted by Gasteiger charge is -2.17. The summed E-state index contributed by atoms with van der Waals surface area (Å²) in [6.07, 6.45) is 0.742. The van der Waals surface area contributed by atoms with Crippen molar-refractivity contribution in [3.8, 4) is 11.5 Å². The molecular formula is C20H24N2O4. The van der Waals surface area contributed by atoms with Gasteiger partial charge in [0.2, 0.25) is 0 Å². The van der Waals surface area contributed by atoms with Crippen molar-refractivity contribution >= 4 is 11.8 Å². The van der Waals surface area contributed by atoms with Crippen molar-refractivity contribution in [3.63, 3.8) is 0 Å². The molecule has 0 saturated carbocycles. The maximum absolute atomic E-state index is 12.3. The van der Waals surface area contributed by atoms with Gasteiger partial charge in [0.25, 0.3) is 11.8 Å². The number of hydrogen-bond donors (Lipinski definition) is 1. The third-order valence-electron chi connectivity index (χ3n) is 3.76. The highest BCUT2D eigenvalue weighted by atomic mass is 16.5. The summed E-state index contributed by atoms with van der Waals surface area (Å²) < 4.78 is 10.9. The van der Waals surface area contributed by atoms with Gasteiger partial charge < -0.3 is 19.7 Å². The molecule has 2 aromatic rings. The fourth-order valence-corrected chi connectivity index (χ4v) is 2.41. The molecular weight excluding hydrogens is 332 g/mol. The summed E-state index contributed by atoms with van der Waals surface area (Å²) >= 11 is 0. The van der Waals surface area contributed by atoms with Crippen LogP contribution in [-0.4, -0.2) is 51.1 Å². The predicted octanol–water partition coefficient (Wildman–Crippen LogP) is 2.13. The number of hydrogen-bond acceptors (Lipinski definition) is 4. The Morgan fingerprint density at radius 3 is 2.42 bits per heavy atom. The number of carbonyl (C=O) groups excluding carboxylic acids is 2. The third-order valence-corrected chi connectivity index (χ3v) is 3.76. The highest BCUT2D eigenvalue weighted by molar-refractivity contribution is 5.97. The van der Waals surface area contributed by atoms with Gasteiger partial charge in [-0.25, -0.2) is 0 Å². The number of para-hydroxylation sites is 1. The predicted molar refractivity (Wildman–Crippen MR) is 99.7 cm³/mol. The van der Waals surface area contributed by atoms with Crippen LogP contribution in [0.2, 0.25) is 0 Å². The molecule has 2 aromatic carbocycles. The summed E-state index contributed by atoms with van der Waals surface area (Å²) in [5.41, 5.74) is 1.50. The van der Waals surface area contributed by atoms with Crippen LogP contribution in [0.1, 0.15) is 15.9 Å². The monoisotopic (exact) mass is 356 g/mol. The Kier molecular flexibility index (Phi) is 7.02. The van der Waals surface area contributed by atoms with Gasteiger partial charge in [0, 0.05) is 20.6 Å². The maximum Gasteiger partial charge on any atom is 0.257 e. The van der Waals surface area contributed by atoms with Crippen molar-refractivity contribution in [3.05, 3.63) is 59.7 Å². The quantitative estimate of drug-likeness (QED) is 0.787. The van der Waals surface area contributed by atoms with Gasteiger partial charge in [0.1, 0.15) is 0 Å². The van der Waals surface area contributed by atoms with Crippen LogP contribution >= 0.6 is 0 Å². The van der Waals surface area contributed by atoms with Crippen LogP contribution in [0.15, 0.2) is 48.5 Å². The summed E-state index contributed by atoms with van der Waals surface area (Å²) in [5.74, 6) is 0.208.